The minimum Gasteiger partial charge on any atom is -0.495 e. The van der Waals surface area contributed by atoms with Gasteiger partial charge in [-0.05, 0) is 41.9 Å². The number of halogens is 1. The second-order valence-corrected chi connectivity index (χ2v) is 8.10. The molecule has 4 aromatic rings. The van der Waals surface area contributed by atoms with Crippen LogP contribution >= 0.6 is 23.8 Å². The zero-order valence-corrected chi connectivity index (χ0v) is 20.0. The van der Waals surface area contributed by atoms with Crippen molar-refractivity contribution in [2.24, 2.45) is 5.73 Å². The standard InChI is InChI=1S/C25H21ClN4O3S/c1-32-21-13-22(33-2)20(12-18(21)26)30-25(34)28-16-9-7-14(8-10-16)19-11-15-5-3-4-6-17(15)23(29-19)24(27)31/h3-13H,1-2H3,(H2,27,31)(H2,28,30,34). The van der Waals surface area contributed by atoms with Crippen molar-refractivity contribution in [2.75, 3.05) is 24.9 Å². The summed E-state index contributed by atoms with van der Waals surface area (Å²) in [5.74, 6) is 0.468. The number of carbonyl (C=O) groups excluding carboxylic acids is 1. The number of benzene rings is 3. The Morgan fingerprint density at radius 2 is 1.68 bits per heavy atom. The molecule has 7 nitrogen and oxygen atoms in total. The van der Waals surface area contributed by atoms with E-state index in [0.717, 1.165) is 22.0 Å². The molecule has 4 rings (SSSR count). The maximum Gasteiger partial charge on any atom is 0.267 e. The minimum atomic E-state index is -0.568. The molecule has 3 aromatic carbocycles. The maximum absolute atomic E-state index is 11.9. The summed E-state index contributed by atoms with van der Waals surface area (Å²) in [4.78, 5) is 16.4. The first kappa shape index (κ1) is 23.3. The first-order valence-electron chi connectivity index (χ1n) is 10.2. The average molecular weight is 493 g/mol. The van der Waals surface area contributed by atoms with Gasteiger partial charge in [-0.2, -0.15) is 0 Å². The SMILES string of the molecule is COc1cc(OC)c(NC(=S)Nc2ccc(-c3cc4ccccc4c(C(N)=O)n3)cc2)cc1Cl. The van der Waals surface area contributed by atoms with Crippen molar-refractivity contribution in [2.45, 2.75) is 0 Å². The Balaban J connectivity index is 1.53. The fourth-order valence-electron chi connectivity index (χ4n) is 3.50. The highest BCUT2D eigenvalue weighted by Gasteiger charge is 2.13. The van der Waals surface area contributed by atoms with Crippen molar-refractivity contribution < 1.29 is 14.3 Å². The molecule has 0 bridgehead atoms. The highest BCUT2D eigenvalue weighted by atomic mass is 35.5. The lowest BCUT2D eigenvalue weighted by Crippen LogP contribution is -2.19. The molecular weight excluding hydrogens is 472 g/mol. The second kappa shape index (κ2) is 9.94. The summed E-state index contributed by atoms with van der Waals surface area (Å²) < 4.78 is 10.6. The summed E-state index contributed by atoms with van der Waals surface area (Å²) in [5, 5.41) is 8.60. The van der Waals surface area contributed by atoms with Gasteiger partial charge < -0.3 is 25.8 Å². The molecule has 0 fully saturated rings. The lowest BCUT2D eigenvalue weighted by atomic mass is 10.0. The van der Waals surface area contributed by atoms with E-state index in [2.05, 4.69) is 15.6 Å². The van der Waals surface area contributed by atoms with Crippen molar-refractivity contribution in [3.63, 3.8) is 0 Å². The van der Waals surface area contributed by atoms with Crippen LogP contribution in [0.15, 0.2) is 66.7 Å². The molecule has 1 aromatic heterocycles. The quantitative estimate of drug-likeness (QED) is 0.306. The van der Waals surface area contributed by atoms with Gasteiger partial charge in [0.15, 0.2) is 5.11 Å². The number of nitrogens with two attached hydrogens (primary N) is 1. The first-order chi connectivity index (χ1) is 16.4. The number of fused-ring (bicyclic) bond motifs is 1. The van der Waals surface area contributed by atoms with Crippen molar-refractivity contribution in [3.05, 3.63) is 77.4 Å². The molecule has 1 heterocycles. The largest absolute Gasteiger partial charge is 0.495 e. The second-order valence-electron chi connectivity index (χ2n) is 7.29. The number of nitrogens with one attached hydrogen (secondary N) is 2. The summed E-state index contributed by atoms with van der Waals surface area (Å²) in [6.45, 7) is 0. The number of primary amides is 1. The number of hydrogen-bond donors (Lipinski definition) is 3. The number of ether oxygens (including phenoxy) is 2. The molecule has 0 unspecified atom stereocenters. The molecule has 0 saturated carbocycles. The summed E-state index contributed by atoms with van der Waals surface area (Å²) in [6.07, 6.45) is 0. The van der Waals surface area contributed by atoms with Crippen LogP contribution in [0, 0.1) is 0 Å². The Bertz CT molecular complexity index is 1390. The van der Waals surface area contributed by atoms with E-state index >= 15 is 0 Å². The Morgan fingerprint density at radius 3 is 2.35 bits per heavy atom. The van der Waals surface area contributed by atoms with E-state index in [-0.39, 0.29) is 5.69 Å². The molecule has 172 valence electrons. The molecule has 0 saturated heterocycles. The normalized spacial score (nSPS) is 10.6. The number of pyridine rings is 1. The molecule has 0 aliphatic heterocycles. The van der Waals surface area contributed by atoms with E-state index in [4.69, 9.17) is 39.0 Å². The van der Waals surface area contributed by atoms with Gasteiger partial charge in [0.05, 0.1) is 30.6 Å². The van der Waals surface area contributed by atoms with Crippen LogP contribution in [-0.4, -0.2) is 30.2 Å². The topological polar surface area (TPSA) is 98.5 Å². The van der Waals surface area contributed by atoms with Crippen molar-refractivity contribution in [1.82, 2.24) is 4.98 Å². The summed E-state index contributed by atoms with van der Waals surface area (Å²) in [6, 6.07) is 20.3. The van der Waals surface area contributed by atoms with Gasteiger partial charge in [0.25, 0.3) is 5.91 Å². The Morgan fingerprint density at radius 1 is 0.971 bits per heavy atom. The fourth-order valence-corrected chi connectivity index (χ4v) is 3.97. The molecule has 0 atom stereocenters. The van der Waals surface area contributed by atoms with Crippen LogP contribution in [0.5, 0.6) is 11.5 Å². The maximum atomic E-state index is 11.9. The minimum absolute atomic E-state index is 0.243. The van der Waals surface area contributed by atoms with Gasteiger partial charge in [-0.25, -0.2) is 4.98 Å². The van der Waals surface area contributed by atoms with Gasteiger partial charge >= 0.3 is 0 Å². The van der Waals surface area contributed by atoms with Crippen molar-refractivity contribution in [3.8, 4) is 22.8 Å². The fraction of sp³-hybridized carbons (Fsp3) is 0.0800. The van der Waals surface area contributed by atoms with E-state index < -0.39 is 5.91 Å². The lowest BCUT2D eigenvalue weighted by molar-refractivity contribution is 0.0997. The highest BCUT2D eigenvalue weighted by Crippen LogP contribution is 2.36. The molecule has 0 spiro atoms. The van der Waals surface area contributed by atoms with E-state index in [1.807, 2.05) is 54.6 Å². The van der Waals surface area contributed by atoms with Crippen molar-refractivity contribution >= 4 is 57.0 Å². The van der Waals surface area contributed by atoms with Crippen LogP contribution in [0.3, 0.4) is 0 Å². The van der Waals surface area contributed by atoms with Gasteiger partial charge in [-0.15, -0.1) is 0 Å². The van der Waals surface area contributed by atoms with Crippen LogP contribution < -0.4 is 25.8 Å². The third kappa shape index (κ3) is 4.88. The van der Waals surface area contributed by atoms with E-state index in [1.54, 1.807) is 19.2 Å². The van der Waals surface area contributed by atoms with Crippen LogP contribution in [0.4, 0.5) is 11.4 Å². The number of carbonyl (C=O) groups is 1. The van der Waals surface area contributed by atoms with Gasteiger partial charge in [-0.3, -0.25) is 4.79 Å². The zero-order valence-electron chi connectivity index (χ0n) is 18.4. The number of nitrogens with zero attached hydrogens (tertiary/aromatic N) is 1. The smallest absolute Gasteiger partial charge is 0.267 e. The number of thiocarbonyl (C=S) groups is 1. The molecule has 0 aliphatic rings. The van der Waals surface area contributed by atoms with Crippen LogP contribution in [0.2, 0.25) is 5.02 Å². The molecule has 1 amide bonds. The molecule has 34 heavy (non-hydrogen) atoms. The molecule has 4 N–H and O–H groups in total. The van der Waals surface area contributed by atoms with Gasteiger partial charge in [0, 0.05) is 22.7 Å². The Labute approximate surface area is 206 Å². The summed E-state index contributed by atoms with van der Waals surface area (Å²) in [7, 11) is 3.08. The van der Waals surface area contributed by atoms with Crippen molar-refractivity contribution in [1.29, 1.82) is 0 Å². The lowest BCUT2D eigenvalue weighted by Gasteiger charge is -2.15. The number of methoxy groups -OCH3 is 2. The van der Waals surface area contributed by atoms with Gasteiger partial charge in [-0.1, -0.05) is 48.0 Å². The predicted molar refractivity (Wildman–Crippen MR) is 140 cm³/mol. The average Bonchev–Trinajstić information content (AvgIpc) is 2.84. The molecular formula is C25H21ClN4O3S. The Hall–Kier alpha value is -3.88. The zero-order chi connectivity index (χ0) is 24.2. The van der Waals surface area contributed by atoms with Gasteiger partial charge in [0.1, 0.15) is 17.2 Å². The number of amides is 1. The molecule has 0 aliphatic carbocycles. The first-order valence-corrected chi connectivity index (χ1v) is 11.0. The monoisotopic (exact) mass is 492 g/mol. The number of anilines is 2. The predicted octanol–water partition coefficient (Wildman–Crippen LogP) is 5.48. The molecule has 0 radical (unpaired) electrons. The van der Waals surface area contributed by atoms with E-state index in [0.29, 0.717) is 33.0 Å². The number of hydrogen-bond acceptors (Lipinski definition) is 5. The van der Waals surface area contributed by atoms with E-state index in [1.165, 1.54) is 7.11 Å². The Kier molecular flexibility index (Phi) is 6.81. The van der Waals surface area contributed by atoms with Crippen LogP contribution in [0.1, 0.15) is 10.5 Å². The number of rotatable bonds is 6. The summed E-state index contributed by atoms with van der Waals surface area (Å²) >= 11 is 11.7. The third-order valence-corrected chi connectivity index (χ3v) is 5.63. The van der Waals surface area contributed by atoms with E-state index in [9.17, 15) is 4.79 Å². The molecule has 9 heteroatoms. The van der Waals surface area contributed by atoms with Crippen LogP contribution in [-0.2, 0) is 0 Å². The third-order valence-electron chi connectivity index (χ3n) is 5.13. The highest BCUT2D eigenvalue weighted by molar-refractivity contribution is 7.80. The van der Waals surface area contributed by atoms with Crippen LogP contribution in [0.25, 0.3) is 22.0 Å². The number of aromatic nitrogens is 1. The summed E-state index contributed by atoms with van der Waals surface area (Å²) in [5.41, 5.74) is 8.65. The van der Waals surface area contributed by atoms with Gasteiger partial charge in [0.2, 0.25) is 0 Å².